The third-order valence-electron chi connectivity index (χ3n) is 8.58. The predicted molar refractivity (Wildman–Crippen MR) is 176 cm³/mol. The molecule has 0 radical (unpaired) electrons. The number of H-pyrrole nitrogens is 1. The van der Waals surface area contributed by atoms with Gasteiger partial charge in [0.15, 0.2) is 0 Å². The fourth-order valence-electron chi connectivity index (χ4n) is 6.08. The van der Waals surface area contributed by atoms with Crippen LogP contribution in [0.5, 0.6) is 0 Å². The number of hydrogen-bond acceptors (Lipinski definition) is 5. The zero-order chi connectivity index (χ0) is 30.6. The van der Waals surface area contributed by atoms with E-state index < -0.39 is 6.04 Å². The van der Waals surface area contributed by atoms with Crippen molar-refractivity contribution in [2.75, 3.05) is 19.6 Å². The van der Waals surface area contributed by atoms with Gasteiger partial charge in [0.25, 0.3) is 5.91 Å². The van der Waals surface area contributed by atoms with E-state index in [1.54, 1.807) is 12.4 Å². The van der Waals surface area contributed by atoms with E-state index in [9.17, 15) is 9.59 Å². The Balaban J connectivity index is 1.22. The molecule has 2 atom stereocenters. The maximum Gasteiger partial charge on any atom is 0.251 e. The summed E-state index contributed by atoms with van der Waals surface area (Å²) in [7, 11) is 0. The average Bonchev–Trinajstić information content (AvgIpc) is 3.55. The highest BCUT2D eigenvalue weighted by Gasteiger charge is 2.24. The highest BCUT2D eigenvalue weighted by Crippen LogP contribution is 2.24. The average molecular weight is 595 g/mol. The largest absolute Gasteiger partial charge is 0.348 e. The van der Waals surface area contributed by atoms with Crippen molar-refractivity contribution in [1.82, 2.24) is 30.8 Å². The highest BCUT2D eigenvalue weighted by atomic mass is 16.2. The van der Waals surface area contributed by atoms with Gasteiger partial charge < -0.3 is 25.8 Å². The maximum absolute atomic E-state index is 13.7. The molecule has 0 spiro atoms. The van der Waals surface area contributed by atoms with Crippen molar-refractivity contribution in [3.8, 4) is 0 Å². The molecule has 5 rings (SSSR count). The summed E-state index contributed by atoms with van der Waals surface area (Å²) < 4.78 is 0. The fourth-order valence-corrected chi connectivity index (χ4v) is 6.08. The van der Waals surface area contributed by atoms with Crippen molar-refractivity contribution < 1.29 is 9.59 Å². The molecule has 2 amide bonds. The molecule has 1 aromatic heterocycles. The van der Waals surface area contributed by atoms with Crippen LogP contribution in [0.25, 0.3) is 10.8 Å². The molecular formula is C36H46N6O2. The predicted octanol–water partition coefficient (Wildman–Crippen LogP) is 5.87. The van der Waals surface area contributed by atoms with E-state index in [-0.39, 0.29) is 17.9 Å². The summed E-state index contributed by atoms with van der Waals surface area (Å²) in [6.07, 6.45) is 11.4. The first-order valence-electron chi connectivity index (χ1n) is 16.2. The van der Waals surface area contributed by atoms with Crippen LogP contribution in [0.4, 0.5) is 0 Å². The van der Waals surface area contributed by atoms with Gasteiger partial charge in [-0.05, 0) is 86.3 Å². The summed E-state index contributed by atoms with van der Waals surface area (Å²) in [6.45, 7) is 6.49. The number of imidazole rings is 1. The molecule has 1 fully saturated rings. The molecule has 0 saturated carbocycles. The third kappa shape index (κ3) is 9.00. The van der Waals surface area contributed by atoms with E-state index in [2.05, 4.69) is 55.1 Å². The summed E-state index contributed by atoms with van der Waals surface area (Å²) in [6, 6.07) is 21.1. The number of carbonyl (C=O) groups excluding carboxylic acids is 2. The zero-order valence-electron chi connectivity index (χ0n) is 25.9. The lowest BCUT2D eigenvalue weighted by Gasteiger charge is -2.26. The normalized spacial score (nSPS) is 15.7. The quantitative estimate of drug-likeness (QED) is 0.155. The van der Waals surface area contributed by atoms with Gasteiger partial charge in [-0.1, -0.05) is 73.9 Å². The second kappa shape index (κ2) is 16.2. The molecule has 4 aromatic rings. The molecule has 4 N–H and O–H groups in total. The van der Waals surface area contributed by atoms with Crippen LogP contribution in [0.3, 0.4) is 0 Å². The Morgan fingerprint density at radius 3 is 2.41 bits per heavy atom. The monoisotopic (exact) mass is 594 g/mol. The molecule has 0 aliphatic carbocycles. The van der Waals surface area contributed by atoms with Crippen LogP contribution in [0.15, 0.2) is 79.1 Å². The maximum atomic E-state index is 13.7. The first-order valence-corrected chi connectivity index (χ1v) is 16.2. The van der Waals surface area contributed by atoms with Gasteiger partial charge in [0.05, 0.1) is 12.6 Å². The Kier molecular flexibility index (Phi) is 11.5. The summed E-state index contributed by atoms with van der Waals surface area (Å²) in [5.74, 6) is 0.501. The van der Waals surface area contributed by atoms with Crippen molar-refractivity contribution in [1.29, 1.82) is 0 Å². The second-order valence-electron chi connectivity index (χ2n) is 11.9. The fraction of sp³-hybridized carbons (Fsp3) is 0.417. The molecule has 44 heavy (non-hydrogen) atoms. The van der Waals surface area contributed by atoms with Crippen molar-refractivity contribution in [2.24, 2.45) is 0 Å². The molecule has 1 aliphatic heterocycles. The molecule has 8 nitrogen and oxygen atoms in total. The van der Waals surface area contributed by atoms with Gasteiger partial charge in [-0.25, -0.2) is 4.98 Å². The zero-order valence-corrected chi connectivity index (χ0v) is 25.9. The number of fused-ring (bicyclic) bond motifs is 1. The number of nitrogens with one attached hydrogen (secondary N) is 4. The third-order valence-corrected chi connectivity index (χ3v) is 8.58. The van der Waals surface area contributed by atoms with Gasteiger partial charge >= 0.3 is 0 Å². The summed E-state index contributed by atoms with van der Waals surface area (Å²) in [5, 5.41) is 11.9. The van der Waals surface area contributed by atoms with Crippen LogP contribution in [-0.4, -0.2) is 52.4 Å². The Morgan fingerprint density at radius 1 is 0.886 bits per heavy atom. The highest BCUT2D eigenvalue weighted by molar-refractivity contribution is 5.97. The molecular weight excluding hydrogens is 548 g/mol. The minimum atomic E-state index is -0.621. The van der Waals surface area contributed by atoms with Crippen LogP contribution in [-0.2, 0) is 17.9 Å². The molecule has 3 aromatic carbocycles. The molecule has 1 saturated heterocycles. The van der Waals surface area contributed by atoms with E-state index in [4.69, 9.17) is 0 Å². The Bertz CT molecular complexity index is 1460. The molecule has 1 aliphatic rings. The van der Waals surface area contributed by atoms with Gasteiger partial charge in [-0.3, -0.25) is 9.59 Å². The molecule has 8 heteroatoms. The minimum absolute atomic E-state index is 0.148. The van der Waals surface area contributed by atoms with Crippen LogP contribution in [0.2, 0.25) is 0 Å². The molecule has 232 valence electrons. The SMILES string of the molecule is CC(NC(=O)[C@H](CCCN1CCCCCCC1)NC(=O)c1ccc(CNCc2ncc[nH]2)cc1)c1cccc2ccccc12. The first kappa shape index (κ1) is 31.4. The van der Waals surface area contributed by atoms with Gasteiger partial charge in [0, 0.05) is 24.5 Å². The number of rotatable bonds is 13. The van der Waals surface area contributed by atoms with E-state index in [0.717, 1.165) is 53.8 Å². The van der Waals surface area contributed by atoms with Gasteiger partial charge in [0.2, 0.25) is 5.91 Å². The topological polar surface area (TPSA) is 102 Å². The first-order chi connectivity index (χ1) is 21.6. The molecule has 1 unspecified atom stereocenters. The van der Waals surface area contributed by atoms with E-state index in [0.29, 0.717) is 25.1 Å². The van der Waals surface area contributed by atoms with Crippen molar-refractivity contribution in [2.45, 2.75) is 77.0 Å². The number of amides is 2. The summed E-state index contributed by atoms with van der Waals surface area (Å²) in [4.78, 5) is 36.9. The number of aromatic nitrogens is 2. The Hall–Kier alpha value is -4.01. The van der Waals surface area contributed by atoms with Gasteiger partial charge in [-0.2, -0.15) is 0 Å². The van der Waals surface area contributed by atoms with Crippen molar-refractivity contribution in [3.63, 3.8) is 0 Å². The van der Waals surface area contributed by atoms with Crippen molar-refractivity contribution >= 4 is 22.6 Å². The molecule has 0 bridgehead atoms. The second-order valence-corrected chi connectivity index (χ2v) is 11.9. The smallest absolute Gasteiger partial charge is 0.251 e. The van der Waals surface area contributed by atoms with E-state index in [1.807, 2.05) is 49.4 Å². The number of carbonyl (C=O) groups is 2. The number of benzene rings is 3. The summed E-state index contributed by atoms with van der Waals surface area (Å²) in [5.41, 5.74) is 2.68. The van der Waals surface area contributed by atoms with E-state index >= 15 is 0 Å². The lowest BCUT2D eigenvalue weighted by molar-refractivity contribution is -0.123. The van der Waals surface area contributed by atoms with E-state index in [1.165, 1.54) is 32.1 Å². The number of hydrogen-bond donors (Lipinski definition) is 4. The van der Waals surface area contributed by atoms with Gasteiger partial charge in [0.1, 0.15) is 11.9 Å². The number of aromatic amines is 1. The summed E-state index contributed by atoms with van der Waals surface area (Å²) >= 11 is 0. The number of likely N-dealkylation sites (tertiary alicyclic amines) is 1. The minimum Gasteiger partial charge on any atom is -0.348 e. The standard InChI is InChI=1S/C36H46N6O2/c1-27(31-14-9-12-29-11-5-6-13-32(29)31)40-36(44)33(15-10-24-42-22-7-3-2-4-8-23-42)41-35(43)30-18-16-28(17-19-30)25-37-26-34-38-20-21-39-34/h5-6,9,11-14,16-21,27,33,37H,2-4,7-8,10,15,22-26H2,1H3,(H,38,39)(H,40,44)(H,41,43)/t27?,33-/m0/s1. The Labute approximate surface area is 261 Å². The van der Waals surface area contributed by atoms with Gasteiger partial charge in [-0.15, -0.1) is 0 Å². The van der Waals surface area contributed by atoms with Crippen molar-refractivity contribution in [3.05, 3.63) is 102 Å². The van der Waals surface area contributed by atoms with Crippen LogP contribution in [0, 0.1) is 0 Å². The van der Waals surface area contributed by atoms with Crippen LogP contribution < -0.4 is 16.0 Å². The lowest BCUT2D eigenvalue weighted by Crippen LogP contribution is -2.47. The molecule has 2 heterocycles. The Morgan fingerprint density at radius 2 is 1.64 bits per heavy atom. The van der Waals surface area contributed by atoms with Crippen LogP contribution >= 0.6 is 0 Å². The van der Waals surface area contributed by atoms with Crippen LogP contribution in [0.1, 0.15) is 85.2 Å². The number of nitrogens with zero attached hydrogens (tertiary/aromatic N) is 2. The lowest BCUT2D eigenvalue weighted by atomic mass is 9.99.